The fourth-order valence-electron chi connectivity index (χ4n) is 3.59. The van der Waals surface area contributed by atoms with Crippen LogP contribution in [0, 0.1) is 0 Å². The lowest BCUT2D eigenvalue weighted by Crippen LogP contribution is -2.19. The number of hydrogen-bond donors (Lipinski definition) is 2. The zero-order valence-electron chi connectivity index (χ0n) is 17.3. The monoisotopic (exact) mass is 451 g/mol. The number of sulfone groups is 1. The number of imide groups is 1. The first kappa shape index (κ1) is 20.4. The van der Waals surface area contributed by atoms with Gasteiger partial charge in [-0.15, -0.1) is 0 Å². The van der Waals surface area contributed by atoms with Gasteiger partial charge in [-0.1, -0.05) is 19.1 Å². The second kappa shape index (κ2) is 7.56. The summed E-state index contributed by atoms with van der Waals surface area (Å²) < 4.78 is 26.4. The highest BCUT2D eigenvalue weighted by atomic mass is 32.2. The Bertz CT molecular complexity index is 1400. The Labute approximate surface area is 184 Å². The maximum Gasteiger partial charge on any atom is 0.254 e. The minimum absolute atomic E-state index is 0.0124. The number of nitrogens with one attached hydrogen (secondary N) is 2. The molecule has 0 atom stereocenters. The molecule has 2 fully saturated rings. The lowest BCUT2D eigenvalue weighted by Gasteiger charge is -2.11. The van der Waals surface area contributed by atoms with Crippen molar-refractivity contribution in [1.82, 2.24) is 19.9 Å². The van der Waals surface area contributed by atoms with Gasteiger partial charge in [0.05, 0.1) is 29.0 Å². The fourth-order valence-corrected chi connectivity index (χ4v) is 4.52. The predicted octanol–water partition coefficient (Wildman–Crippen LogP) is 2.19. The smallest absolute Gasteiger partial charge is 0.254 e. The Morgan fingerprint density at radius 1 is 1.25 bits per heavy atom. The number of carbonyl (C=O) groups is 2. The maximum atomic E-state index is 12.4. The number of fused-ring (bicyclic) bond motifs is 1. The summed E-state index contributed by atoms with van der Waals surface area (Å²) in [6.45, 7) is 1.61. The maximum absolute atomic E-state index is 12.4. The van der Waals surface area contributed by atoms with Gasteiger partial charge in [-0.05, 0) is 31.1 Å². The van der Waals surface area contributed by atoms with E-state index in [9.17, 15) is 18.0 Å². The molecule has 3 aromatic rings. The van der Waals surface area contributed by atoms with Gasteiger partial charge in [0, 0.05) is 28.8 Å². The molecular weight excluding hydrogens is 430 g/mol. The van der Waals surface area contributed by atoms with Crippen LogP contribution in [-0.2, 0) is 19.4 Å². The van der Waals surface area contributed by atoms with E-state index in [4.69, 9.17) is 4.98 Å². The van der Waals surface area contributed by atoms with E-state index < -0.39 is 15.7 Å². The number of amides is 2. The zero-order chi connectivity index (χ0) is 22.5. The first-order valence-corrected chi connectivity index (χ1v) is 12.0. The van der Waals surface area contributed by atoms with E-state index in [1.165, 1.54) is 0 Å². The van der Waals surface area contributed by atoms with Gasteiger partial charge >= 0.3 is 0 Å². The number of anilines is 1. The standard InChI is InChI=1S/C22H21N5O4S/c1-2-32(30,31)17-5-3-4-13(9-17)18-11-19(24-16-6-7-16)27-21(25-18)15(12-23-27)8-14-10-20(28)26-22(14)29/h3-5,8-9,11-12,16,24H,2,6-7,10H2,1H3,(H,26,28,29)/b14-8+. The third-order valence-corrected chi connectivity index (χ3v) is 7.25. The van der Waals surface area contributed by atoms with E-state index in [1.807, 2.05) is 12.1 Å². The Balaban J connectivity index is 1.65. The van der Waals surface area contributed by atoms with Crippen LogP contribution in [0.5, 0.6) is 0 Å². The molecule has 2 aliphatic rings. The first-order valence-electron chi connectivity index (χ1n) is 10.4. The van der Waals surface area contributed by atoms with Gasteiger partial charge in [-0.2, -0.15) is 9.61 Å². The summed E-state index contributed by atoms with van der Waals surface area (Å²) in [6, 6.07) is 8.91. The predicted molar refractivity (Wildman–Crippen MR) is 119 cm³/mol. The molecule has 0 unspecified atom stereocenters. The van der Waals surface area contributed by atoms with Crippen molar-refractivity contribution in [2.75, 3.05) is 11.1 Å². The Morgan fingerprint density at radius 2 is 2.06 bits per heavy atom. The normalized spacial score (nSPS) is 17.8. The Hall–Kier alpha value is -3.53. The molecule has 5 rings (SSSR count). The third-order valence-electron chi connectivity index (χ3n) is 5.52. The molecule has 32 heavy (non-hydrogen) atoms. The van der Waals surface area contributed by atoms with Crippen LogP contribution in [-0.4, -0.2) is 46.6 Å². The lowest BCUT2D eigenvalue weighted by molar-refractivity contribution is -0.124. The molecule has 0 radical (unpaired) electrons. The summed E-state index contributed by atoms with van der Waals surface area (Å²) in [5.41, 5.74) is 2.71. The van der Waals surface area contributed by atoms with Crippen LogP contribution in [0.3, 0.4) is 0 Å². The number of aromatic nitrogens is 3. The minimum Gasteiger partial charge on any atom is -0.367 e. The molecule has 1 aliphatic carbocycles. The highest BCUT2D eigenvalue weighted by Gasteiger charge is 2.26. The molecule has 2 amide bonds. The summed E-state index contributed by atoms with van der Waals surface area (Å²) in [4.78, 5) is 28.5. The van der Waals surface area contributed by atoms with Crippen molar-refractivity contribution < 1.29 is 18.0 Å². The first-order chi connectivity index (χ1) is 15.3. The van der Waals surface area contributed by atoms with E-state index in [2.05, 4.69) is 15.7 Å². The second-order valence-corrected chi connectivity index (χ2v) is 10.2. The summed E-state index contributed by atoms with van der Waals surface area (Å²) in [5, 5.41) is 10.1. The van der Waals surface area contributed by atoms with Crippen LogP contribution >= 0.6 is 0 Å². The van der Waals surface area contributed by atoms with Crippen LogP contribution in [0.1, 0.15) is 31.7 Å². The van der Waals surface area contributed by atoms with Crippen molar-refractivity contribution in [2.45, 2.75) is 37.1 Å². The van der Waals surface area contributed by atoms with Gasteiger partial charge in [0.1, 0.15) is 5.82 Å². The number of rotatable bonds is 6. The quantitative estimate of drug-likeness (QED) is 0.435. The zero-order valence-corrected chi connectivity index (χ0v) is 18.1. The van der Waals surface area contributed by atoms with Gasteiger partial charge in [-0.3, -0.25) is 14.9 Å². The molecule has 2 N–H and O–H groups in total. The van der Waals surface area contributed by atoms with E-state index in [1.54, 1.807) is 41.9 Å². The summed E-state index contributed by atoms with van der Waals surface area (Å²) in [6.07, 6.45) is 5.36. The topological polar surface area (TPSA) is 123 Å². The van der Waals surface area contributed by atoms with Crippen LogP contribution in [0.25, 0.3) is 23.0 Å². The van der Waals surface area contributed by atoms with Gasteiger partial charge in [0.15, 0.2) is 15.5 Å². The summed E-state index contributed by atoms with van der Waals surface area (Å²) >= 11 is 0. The largest absolute Gasteiger partial charge is 0.367 e. The molecule has 1 aromatic carbocycles. The molecular formula is C22H21N5O4S. The van der Waals surface area contributed by atoms with Crippen molar-refractivity contribution in [3.8, 4) is 11.3 Å². The molecule has 1 saturated heterocycles. The van der Waals surface area contributed by atoms with Crippen LogP contribution < -0.4 is 10.6 Å². The van der Waals surface area contributed by atoms with Gasteiger partial charge in [0.2, 0.25) is 5.91 Å². The molecule has 164 valence electrons. The molecule has 2 aromatic heterocycles. The fraction of sp³-hybridized carbons (Fsp3) is 0.273. The molecule has 0 bridgehead atoms. The van der Waals surface area contributed by atoms with Gasteiger partial charge < -0.3 is 5.32 Å². The number of carbonyl (C=O) groups excluding carboxylic acids is 2. The van der Waals surface area contributed by atoms with E-state index in [-0.39, 0.29) is 23.0 Å². The molecule has 1 saturated carbocycles. The molecule has 0 spiro atoms. The lowest BCUT2D eigenvalue weighted by atomic mass is 10.1. The summed E-state index contributed by atoms with van der Waals surface area (Å²) in [7, 11) is -3.36. The number of benzene rings is 1. The van der Waals surface area contributed by atoms with Crippen LogP contribution in [0.15, 0.2) is 47.0 Å². The van der Waals surface area contributed by atoms with E-state index in [0.29, 0.717) is 34.1 Å². The Kier molecular flexibility index (Phi) is 4.81. The van der Waals surface area contributed by atoms with Crippen molar-refractivity contribution in [1.29, 1.82) is 0 Å². The van der Waals surface area contributed by atoms with Crippen LogP contribution in [0.2, 0.25) is 0 Å². The molecule has 9 nitrogen and oxygen atoms in total. The molecule has 3 heterocycles. The number of hydrogen-bond acceptors (Lipinski definition) is 7. The molecule has 10 heteroatoms. The SMILES string of the molecule is CCS(=O)(=O)c1cccc(-c2cc(NC3CC3)n3ncc(/C=C4\CC(=O)NC4=O)c3n2)c1. The van der Waals surface area contributed by atoms with Crippen LogP contribution in [0.4, 0.5) is 5.82 Å². The minimum atomic E-state index is -3.36. The van der Waals surface area contributed by atoms with E-state index >= 15 is 0 Å². The average molecular weight is 452 g/mol. The van der Waals surface area contributed by atoms with E-state index in [0.717, 1.165) is 18.7 Å². The third kappa shape index (κ3) is 3.77. The second-order valence-electron chi connectivity index (χ2n) is 7.94. The average Bonchev–Trinajstić information content (AvgIpc) is 3.42. The van der Waals surface area contributed by atoms with Crippen molar-refractivity contribution in [3.63, 3.8) is 0 Å². The highest BCUT2D eigenvalue weighted by molar-refractivity contribution is 7.91. The van der Waals surface area contributed by atoms with Crippen molar-refractivity contribution in [2.24, 2.45) is 0 Å². The summed E-state index contributed by atoms with van der Waals surface area (Å²) in [5.74, 6) is -0.0120. The van der Waals surface area contributed by atoms with Crippen molar-refractivity contribution in [3.05, 3.63) is 47.7 Å². The Morgan fingerprint density at radius 3 is 2.75 bits per heavy atom. The molecule has 1 aliphatic heterocycles. The van der Waals surface area contributed by atoms with Crippen molar-refractivity contribution >= 4 is 39.2 Å². The van der Waals surface area contributed by atoms with Gasteiger partial charge in [0.25, 0.3) is 5.91 Å². The number of nitrogens with zero attached hydrogens (tertiary/aromatic N) is 3. The highest BCUT2D eigenvalue weighted by Crippen LogP contribution is 2.30. The van der Waals surface area contributed by atoms with Gasteiger partial charge in [-0.25, -0.2) is 13.4 Å².